The van der Waals surface area contributed by atoms with Crippen LogP contribution in [0.5, 0.6) is 0 Å². The van der Waals surface area contributed by atoms with E-state index in [0.717, 1.165) is 5.56 Å². The Labute approximate surface area is 100 Å². The van der Waals surface area contributed by atoms with Crippen molar-refractivity contribution in [2.75, 3.05) is 7.05 Å². The zero-order valence-electron chi connectivity index (χ0n) is 10.2. The van der Waals surface area contributed by atoms with Crippen molar-refractivity contribution in [1.29, 1.82) is 0 Å². The summed E-state index contributed by atoms with van der Waals surface area (Å²) in [5.74, 6) is -1.27. The summed E-state index contributed by atoms with van der Waals surface area (Å²) in [5, 5.41) is 9.02. The van der Waals surface area contributed by atoms with Crippen LogP contribution in [0.4, 0.5) is 0 Å². The normalized spacial score (nSPS) is 11.0. The van der Waals surface area contributed by atoms with Crippen LogP contribution >= 0.6 is 0 Å². The molecule has 0 aliphatic carbocycles. The van der Waals surface area contributed by atoms with Crippen LogP contribution in [0.25, 0.3) is 0 Å². The van der Waals surface area contributed by atoms with Crippen molar-refractivity contribution in [1.82, 2.24) is 9.88 Å². The van der Waals surface area contributed by atoms with Crippen molar-refractivity contribution in [2.45, 2.75) is 25.8 Å². The highest BCUT2D eigenvalue weighted by Crippen LogP contribution is 2.14. The van der Waals surface area contributed by atoms with Crippen molar-refractivity contribution in [3.8, 4) is 0 Å². The topological polar surface area (TPSA) is 70.5 Å². The first-order valence-electron chi connectivity index (χ1n) is 5.24. The summed E-state index contributed by atoms with van der Waals surface area (Å²) in [4.78, 5) is 28.1. The van der Waals surface area contributed by atoms with Crippen LogP contribution in [0.2, 0.25) is 0 Å². The van der Waals surface area contributed by atoms with Crippen molar-refractivity contribution in [2.24, 2.45) is 0 Å². The SMILES string of the molecule is CN(C(=O)Cc1cccnc1)C(C)(C)C(=O)O. The molecule has 1 aromatic heterocycles. The lowest BCUT2D eigenvalue weighted by molar-refractivity contribution is -0.155. The summed E-state index contributed by atoms with van der Waals surface area (Å²) in [6, 6.07) is 3.53. The third kappa shape index (κ3) is 3.03. The molecule has 1 heterocycles. The standard InChI is InChI=1S/C12H16N2O3/c1-12(2,11(16)17)14(3)10(15)7-9-5-4-6-13-8-9/h4-6,8H,7H2,1-3H3,(H,16,17). The first-order valence-corrected chi connectivity index (χ1v) is 5.24. The lowest BCUT2D eigenvalue weighted by Crippen LogP contribution is -2.51. The molecule has 1 aromatic rings. The highest BCUT2D eigenvalue weighted by molar-refractivity contribution is 5.87. The second kappa shape index (κ2) is 4.95. The molecule has 17 heavy (non-hydrogen) atoms. The molecule has 0 saturated carbocycles. The molecule has 5 nitrogen and oxygen atoms in total. The Balaban J connectivity index is 2.75. The van der Waals surface area contributed by atoms with E-state index < -0.39 is 11.5 Å². The number of likely N-dealkylation sites (N-methyl/N-ethyl adjacent to an activating group) is 1. The van der Waals surface area contributed by atoms with Crippen LogP contribution < -0.4 is 0 Å². The van der Waals surface area contributed by atoms with Gasteiger partial charge in [0.2, 0.25) is 5.91 Å². The molecular weight excluding hydrogens is 220 g/mol. The average molecular weight is 236 g/mol. The maximum absolute atomic E-state index is 11.9. The zero-order valence-corrected chi connectivity index (χ0v) is 10.2. The minimum Gasteiger partial charge on any atom is -0.480 e. The van der Waals surface area contributed by atoms with E-state index in [1.54, 1.807) is 24.5 Å². The molecule has 5 heteroatoms. The predicted molar refractivity (Wildman–Crippen MR) is 62.4 cm³/mol. The van der Waals surface area contributed by atoms with E-state index in [0.29, 0.717) is 0 Å². The molecular formula is C12H16N2O3. The van der Waals surface area contributed by atoms with E-state index in [-0.39, 0.29) is 12.3 Å². The summed E-state index contributed by atoms with van der Waals surface area (Å²) in [5.41, 5.74) is -0.440. The van der Waals surface area contributed by atoms with Gasteiger partial charge >= 0.3 is 5.97 Å². The van der Waals surface area contributed by atoms with E-state index in [1.165, 1.54) is 25.8 Å². The van der Waals surface area contributed by atoms with E-state index in [9.17, 15) is 9.59 Å². The minimum absolute atomic E-state index is 0.154. The number of aromatic nitrogens is 1. The molecule has 0 spiro atoms. The largest absolute Gasteiger partial charge is 0.480 e. The summed E-state index contributed by atoms with van der Waals surface area (Å²) in [7, 11) is 1.49. The van der Waals surface area contributed by atoms with E-state index in [2.05, 4.69) is 4.98 Å². The Hall–Kier alpha value is -1.91. The number of aliphatic carboxylic acids is 1. The Kier molecular flexibility index (Phi) is 3.83. The van der Waals surface area contributed by atoms with Gasteiger partial charge in [-0.05, 0) is 25.5 Å². The molecule has 92 valence electrons. The number of amides is 1. The van der Waals surface area contributed by atoms with Gasteiger partial charge in [-0.25, -0.2) is 4.79 Å². The molecule has 0 fully saturated rings. The number of carboxylic acids is 1. The Morgan fingerprint density at radius 3 is 2.59 bits per heavy atom. The number of hydrogen-bond acceptors (Lipinski definition) is 3. The van der Waals surface area contributed by atoms with Gasteiger partial charge in [-0.1, -0.05) is 6.07 Å². The van der Waals surface area contributed by atoms with Crippen LogP contribution in [-0.4, -0.2) is 39.5 Å². The summed E-state index contributed by atoms with van der Waals surface area (Å²) < 4.78 is 0. The minimum atomic E-state index is -1.21. The van der Waals surface area contributed by atoms with Gasteiger partial charge < -0.3 is 10.0 Å². The van der Waals surface area contributed by atoms with Crippen molar-refractivity contribution >= 4 is 11.9 Å². The van der Waals surface area contributed by atoms with Gasteiger partial charge in [0.15, 0.2) is 0 Å². The van der Waals surface area contributed by atoms with Crippen LogP contribution in [-0.2, 0) is 16.0 Å². The van der Waals surface area contributed by atoms with Gasteiger partial charge in [0.1, 0.15) is 5.54 Å². The van der Waals surface area contributed by atoms with Gasteiger partial charge in [0, 0.05) is 19.4 Å². The molecule has 0 bridgehead atoms. The van der Waals surface area contributed by atoms with Crippen molar-refractivity contribution in [3.05, 3.63) is 30.1 Å². The van der Waals surface area contributed by atoms with Crippen molar-refractivity contribution < 1.29 is 14.7 Å². The first-order chi connectivity index (χ1) is 7.85. The molecule has 0 aliphatic rings. The van der Waals surface area contributed by atoms with Gasteiger partial charge in [0.05, 0.1) is 6.42 Å². The fourth-order valence-corrected chi connectivity index (χ4v) is 1.25. The maximum Gasteiger partial charge on any atom is 0.329 e. The quantitative estimate of drug-likeness (QED) is 0.844. The lowest BCUT2D eigenvalue weighted by atomic mass is 10.0. The molecule has 1 N–H and O–H groups in total. The molecule has 0 aromatic carbocycles. The number of hydrogen-bond donors (Lipinski definition) is 1. The molecule has 1 amide bonds. The summed E-state index contributed by atoms with van der Waals surface area (Å²) in [6.45, 7) is 2.99. The Morgan fingerprint density at radius 2 is 2.12 bits per heavy atom. The average Bonchev–Trinajstić information content (AvgIpc) is 2.29. The van der Waals surface area contributed by atoms with Crippen LogP contribution in [0.3, 0.4) is 0 Å². The molecule has 1 rings (SSSR count). The Morgan fingerprint density at radius 1 is 1.47 bits per heavy atom. The fraction of sp³-hybridized carbons (Fsp3) is 0.417. The predicted octanol–water partition coefficient (Wildman–Crippen LogP) is 0.946. The number of carboxylic acid groups (broad SMARTS) is 1. The molecule has 0 radical (unpaired) electrons. The highest BCUT2D eigenvalue weighted by atomic mass is 16.4. The number of carbonyl (C=O) groups is 2. The number of nitrogens with zero attached hydrogens (tertiary/aromatic N) is 2. The third-order valence-electron chi connectivity index (χ3n) is 2.81. The van der Waals surface area contributed by atoms with Crippen LogP contribution in [0.15, 0.2) is 24.5 Å². The van der Waals surface area contributed by atoms with Crippen LogP contribution in [0.1, 0.15) is 19.4 Å². The second-order valence-corrected chi connectivity index (χ2v) is 4.35. The second-order valence-electron chi connectivity index (χ2n) is 4.35. The zero-order chi connectivity index (χ0) is 13.1. The first kappa shape index (κ1) is 13.2. The number of carbonyl (C=O) groups excluding carboxylic acids is 1. The van der Waals surface area contributed by atoms with E-state index >= 15 is 0 Å². The number of rotatable bonds is 4. The monoisotopic (exact) mass is 236 g/mol. The van der Waals surface area contributed by atoms with E-state index in [4.69, 9.17) is 5.11 Å². The highest BCUT2D eigenvalue weighted by Gasteiger charge is 2.34. The third-order valence-corrected chi connectivity index (χ3v) is 2.81. The number of pyridine rings is 1. The molecule has 0 atom stereocenters. The van der Waals surface area contributed by atoms with Gasteiger partial charge in [-0.15, -0.1) is 0 Å². The summed E-state index contributed by atoms with van der Waals surface area (Å²) in [6.07, 6.45) is 3.37. The molecule has 0 saturated heterocycles. The lowest BCUT2D eigenvalue weighted by Gasteiger charge is -2.31. The van der Waals surface area contributed by atoms with Crippen molar-refractivity contribution in [3.63, 3.8) is 0 Å². The molecule has 0 unspecified atom stereocenters. The van der Waals surface area contributed by atoms with E-state index in [1.807, 2.05) is 0 Å². The smallest absolute Gasteiger partial charge is 0.329 e. The summed E-state index contributed by atoms with van der Waals surface area (Å²) >= 11 is 0. The van der Waals surface area contributed by atoms with Gasteiger partial charge in [-0.3, -0.25) is 9.78 Å². The maximum atomic E-state index is 11.9. The Bertz CT molecular complexity index is 415. The van der Waals surface area contributed by atoms with Crippen LogP contribution in [0, 0.1) is 0 Å². The van der Waals surface area contributed by atoms with Gasteiger partial charge in [-0.2, -0.15) is 0 Å². The fourth-order valence-electron chi connectivity index (χ4n) is 1.25. The van der Waals surface area contributed by atoms with Gasteiger partial charge in [0.25, 0.3) is 0 Å². The molecule has 0 aliphatic heterocycles.